The average molecular weight is 363 g/mol. The Bertz CT molecular complexity index is 564. The Hall–Kier alpha value is -1.63. The first kappa shape index (κ1) is 19.1. The van der Waals surface area contributed by atoms with Crippen LogP contribution < -0.4 is 15.0 Å². The Labute approximate surface area is 155 Å². The van der Waals surface area contributed by atoms with Gasteiger partial charge in [-0.3, -0.25) is 4.79 Å². The fraction of sp³-hybridized carbons (Fsp3) is 0.650. The largest absolute Gasteiger partial charge is 0.497 e. The molecule has 2 fully saturated rings. The first-order valence-electron chi connectivity index (χ1n) is 9.66. The van der Waals surface area contributed by atoms with Gasteiger partial charge in [0.05, 0.1) is 32.3 Å². The summed E-state index contributed by atoms with van der Waals surface area (Å²) >= 11 is 0. The predicted molar refractivity (Wildman–Crippen MR) is 98.7 cm³/mol. The van der Waals surface area contributed by atoms with Gasteiger partial charge in [-0.05, 0) is 30.5 Å². The number of morpholine rings is 1. The van der Waals surface area contributed by atoms with E-state index < -0.39 is 5.41 Å². The van der Waals surface area contributed by atoms with Gasteiger partial charge in [-0.2, -0.15) is 0 Å². The van der Waals surface area contributed by atoms with Crippen molar-refractivity contribution in [3.63, 3.8) is 0 Å². The Morgan fingerprint density at radius 1 is 1.12 bits per heavy atom. The van der Waals surface area contributed by atoms with Crippen molar-refractivity contribution in [3.8, 4) is 5.75 Å². The Morgan fingerprint density at radius 2 is 1.77 bits per heavy atom. The zero-order valence-corrected chi connectivity index (χ0v) is 15.7. The molecule has 2 saturated heterocycles. The molecule has 0 saturated carbocycles. The summed E-state index contributed by atoms with van der Waals surface area (Å²) in [6.07, 6.45) is 2.44. The minimum Gasteiger partial charge on any atom is -0.497 e. The van der Waals surface area contributed by atoms with E-state index in [4.69, 9.17) is 14.2 Å². The van der Waals surface area contributed by atoms with Crippen molar-refractivity contribution in [2.75, 3.05) is 59.7 Å². The van der Waals surface area contributed by atoms with E-state index in [1.54, 1.807) is 12.0 Å². The van der Waals surface area contributed by atoms with Crippen molar-refractivity contribution in [3.05, 3.63) is 29.8 Å². The number of amides is 1. The van der Waals surface area contributed by atoms with Crippen LogP contribution in [0.25, 0.3) is 0 Å². The summed E-state index contributed by atoms with van der Waals surface area (Å²) in [5.74, 6) is 0.938. The Balaban J connectivity index is 1.58. The first-order valence-corrected chi connectivity index (χ1v) is 9.66. The molecule has 26 heavy (non-hydrogen) atoms. The third-order valence-corrected chi connectivity index (χ3v) is 5.62. The smallest absolute Gasteiger partial charge is 0.230 e. The quantitative estimate of drug-likeness (QED) is 0.678. The van der Waals surface area contributed by atoms with Crippen LogP contribution in [0.15, 0.2) is 24.3 Å². The standard InChI is InChI=1S/C20H30N2O4/c1-24-18-5-3-17(4-6-18)20(7-13-25-14-8-20)19(23)21-9-2-10-22-11-15-26-16-12-22/h3-6H,2,7-16H2,1H3,(H,21,23)/p+1. The highest BCUT2D eigenvalue weighted by atomic mass is 16.5. The molecule has 1 aromatic carbocycles. The number of quaternary nitrogens is 1. The molecule has 3 rings (SSSR count). The van der Waals surface area contributed by atoms with Crippen LogP contribution >= 0.6 is 0 Å². The number of carbonyl (C=O) groups is 1. The molecular formula is C20H31N2O4+. The van der Waals surface area contributed by atoms with Crippen LogP contribution in [-0.2, 0) is 19.7 Å². The van der Waals surface area contributed by atoms with Gasteiger partial charge < -0.3 is 24.4 Å². The maximum Gasteiger partial charge on any atom is 0.230 e. The van der Waals surface area contributed by atoms with Crippen molar-refractivity contribution in [2.24, 2.45) is 0 Å². The van der Waals surface area contributed by atoms with Gasteiger partial charge in [0, 0.05) is 26.2 Å². The van der Waals surface area contributed by atoms with Crippen LogP contribution in [0.3, 0.4) is 0 Å². The number of benzene rings is 1. The lowest BCUT2D eigenvalue weighted by Crippen LogP contribution is -3.14. The van der Waals surface area contributed by atoms with E-state index in [9.17, 15) is 4.79 Å². The van der Waals surface area contributed by atoms with E-state index in [2.05, 4.69) is 5.32 Å². The van der Waals surface area contributed by atoms with Crippen LogP contribution in [0, 0.1) is 0 Å². The third kappa shape index (κ3) is 4.55. The van der Waals surface area contributed by atoms with Gasteiger partial charge in [-0.15, -0.1) is 0 Å². The Morgan fingerprint density at radius 3 is 2.42 bits per heavy atom. The second-order valence-electron chi connectivity index (χ2n) is 7.14. The van der Waals surface area contributed by atoms with Gasteiger partial charge in [-0.1, -0.05) is 12.1 Å². The fourth-order valence-corrected chi connectivity index (χ4v) is 3.90. The predicted octanol–water partition coefficient (Wildman–Crippen LogP) is 0.165. The summed E-state index contributed by atoms with van der Waals surface area (Å²) in [5.41, 5.74) is 0.564. The Kier molecular flexibility index (Phi) is 6.88. The number of nitrogens with one attached hydrogen (secondary N) is 2. The normalized spacial score (nSPS) is 20.5. The van der Waals surface area contributed by atoms with Crippen molar-refractivity contribution in [1.29, 1.82) is 0 Å². The highest BCUT2D eigenvalue weighted by molar-refractivity contribution is 5.88. The topological polar surface area (TPSA) is 61.2 Å². The second-order valence-corrected chi connectivity index (χ2v) is 7.14. The van der Waals surface area contributed by atoms with E-state index in [0.29, 0.717) is 13.2 Å². The molecule has 1 aromatic rings. The fourth-order valence-electron chi connectivity index (χ4n) is 3.90. The van der Waals surface area contributed by atoms with Crippen LogP contribution in [0.2, 0.25) is 0 Å². The van der Waals surface area contributed by atoms with Crippen LogP contribution in [0.4, 0.5) is 0 Å². The van der Waals surface area contributed by atoms with Gasteiger partial charge in [0.1, 0.15) is 18.8 Å². The van der Waals surface area contributed by atoms with Crippen LogP contribution in [-0.4, -0.2) is 65.6 Å². The molecule has 0 aromatic heterocycles. The summed E-state index contributed by atoms with van der Waals surface area (Å²) in [5, 5.41) is 3.19. The summed E-state index contributed by atoms with van der Waals surface area (Å²) in [6, 6.07) is 7.90. The highest BCUT2D eigenvalue weighted by Crippen LogP contribution is 2.36. The van der Waals surface area contributed by atoms with E-state index in [1.807, 2.05) is 24.3 Å². The molecular weight excluding hydrogens is 332 g/mol. The molecule has 0 unspecified atom stereocenters. The summed E-state index contributed by atoms with van der Waals surface area (Å²) < 4.78 is 16.2. The number of carbonyl (C=O) groups excluding carboxylic acids is 1. The summed E-state index contributed by atoms with van der Waals surface area (Å²) in [6.45, 7) is 6.89. The lowest BCUT2D eigenvalue weighted by molar-refractivity contribution is -0.908. The van der Waals surface area contributed by atoms with E-state index in [0.717, 1.165) is 70.0 Å². The molecule has 2 aliphatic rings. The average Bonchev–Trinajstić information content (AvgIpc) is 2.72. The molecule has 6 nitrogen and oxygen atoms in total. The molecule has 2 N–H and O–H groups in total. The highest BCUT2D eigenvalue weighted by Gasteiger charge is 2.41. The van der Waals surface area contributed by atoms with Crippen molar-refractivity contribution in [1.82, 2.24) is 5.32 Å². The number of methoxy groups -OCH3 is 1. The molecule has 144 valence electrons. The van der Waals surface area contributed by atoms with Gasteiger partial charge in [0.15, 0.2) is 0 Å². The lowest BCUT2D eigenvalue weighted by atomic mass is 9.73. The van der Waals surface area contributed by atoms with E-state index >= 15 is 0 Å². The van der Waals surface area contributed by atoms with Gasteiger partial charge in [0.25, 0.3) is 0 Å². The molecule has 0 spiro atoms. The van der Waals surface area contributed by atoms with Crippen LogP contribution in [0.1, 0.15) is 24.8 Å². The molecule has 2 heterocycles. The summed E-state index contributed by atoms with van der Waals surface area (Å²) in [4.78, 5) is 14.7. The summed E-state index contributed by atoms with van der Waals surface area (Å²) in [7, 11) is 1.66. The molecule has 0 aliphatic carbocycles. The maximum absolute atomic E-state index is 13.1. The minimum absolute atomic E-state index is 0.128. The van der Waals surface area contributed by atoms with E-state index in [-0.39, 0.29) is 5.91 Å². The number of hydrogen-bond acceptors (Lipinski definition) is 4. The van der Waals surface area contributed by atoms with Gasteiger partial charge in [0.2, 0.25) is 5.91 Å². The zero-order valence-electron chi connectivity index (χ0n) is 15.7. The number of rotatable bonds is 7. The third-order valence-electron chi connectivity index (χ3n) is 5.62. The molecule has 0 atom stereocenters. The molecule has 1 amide bonds. The monoisotopic (exact) mass is 363 g/mol. The SMILES string of the molecule is COc1ccc(C2(C(=O)NCCC[NH+]3CCOCC3)CCOCC2)cc1. The lowest BCUT2D eigenvalue weighted by Gasteiger charge is -2.36. The second kappa shape index (κ2) is 9.35. The zero-order chi connectivity index (χ0) is 18.2. The van der Waals surface area contributed by atoms with E-state index in [1.165, 1.54) is 0 Å². The van der Waals surface area contributed by atoms with Gasteiger partial charge in [-0.25, -0.2) is 0 Å². The first-order chi connectivity index (χ1) is 12.7. The van der Waals surface area contributed by atoms with Crippen molar-refractivity contribution >= 4 is 5.91 Å². The van der Waals surface area contributed by atoms with Crippen molar-refractivity contribution in [2.45, 2.75) is 24.7 Å². The molecule has 0 bridgehead atoms. The molecule has 2 aliphatic heterocycles. The molecule has 0 radical (unpaired) electrons. The maximum atomic E-state index is 13.1. The molecule has 6 heteroatoms. The minimum atomic E-state index is -0.490. The number of ether oxygens (including phenoxy) is 3. The number of hydrogen-bond donors (Lipinski definition) is 2. The van der Waals surface area contributed by atoms with Crippen LogP contribution in [0.5, 0.6) is 5.75 Å². The van der Waals surface area contributed by atoms with Crippen molar-refractivity contribution < 1.29 is 23.9 Å². The van der Waals surface area contributed by atoms with Gasteiger partial charge >= 0.3 is 0 Å².